The molecule has 0 aromatic carbocycles. The van der Waals surface area contributed by atoms with Crippen LogP contribution in [-0.2, 0) is 4.79 Å². The molecule has 1 aromatic heterocycles. The van der Waals surface area contributed by atoms with E-state index >= 15 is 0 Å². The van der Waals surface area contributed by atoms with Gasteiger partial charge in [-0.15, -0.1) is 11.3 Å². The lowest BCUT2D eigenvalue weighted by Gasteiger charge is -2.22. The number of rotatable bonds is 5. The van der Waals surface area contributed by atoms with Crippen LogP contribution >= 0.6 is 11.3 Å². The van der Waals surface area contributed by atoms with Gasteiger partial charge in [-0.2, -0.15) is 0 Å². The number of hydrogen-bond acceptors (Lipinski definition) is 3. The number of aryl methyl sites for hydroxylation is 1. The lowest BCUT2D eigenvalue weighted by Crippen LogP contribution is -2.24. The zero-order valence-corrected chi connectivity index (χ0v) is 10.2. The van der Waals surface area contributed by atoms with Gasteiger partial charge in [0, 0.05) is 22.3 Å². The Hall–Kier alpha value is -0.870. The maximum Gasteiger partial charge on any atom is 0.304 e. The van der Waals surface area contributed by atoms with E-state index in [9.17, 15) is 4.79 Å². The van der Waals surface area contributed by atoms with Crippen LogP contribution in [0.4, 0.5) is 0 Å². The molecule has 3 nitrogen and oxygen atoms in total. The fourth-order valence-corrected chi connectivity index (χ4v) is 2.36. The Labute approximate surface area is 94.3 Å². The zero-order chi connectivity index (χ0) is 11.4. The number of thiophene rings is 1. The number of aliphatic carboxylic acids is 1. The number of carbonyl (C=O) groups is 1. The summed E-state index contributed by atoms with van der Waals surface area (Å²) in [7, 11) is 1.96. The van der Waals surface area contributed by atoms with E-state index in [-0.39, 0.29) is 6.42 Å². The summed E-state index contributed by atoms with van der Waals surface area (Å²) in [6.45, 7) is 4.78. The third-order valence-electron chi connectivity index (χ3n) is 2.51. The highest BCUT2D eigenvalue weighted by Crippen LogP contribution is 2.26. The van der Waals surface area contributed by atoms with Crippen molar-refractivity contribution in [2.24, 2.45) is 0 Å². The van der Waals surface area contributed by atoms with Crippen LogP contribution in [0.2, 0.25) is 0 Å². The third kappa shape index (κ3) is 3.64. The van der Waals surface area contributed by atoms with E-state index < -0.39 is 5.97 Å². The Morgan fingerprint density at radius 1 is 1.60 bits per heavy atom. The number of carboxylic acids is 1. The van der Waals surface area contributed by atoms with Crippen molar-refractivity contribution in [3.8, 4) is 0 Å². The minimum absolute atomic E-state index is 0.200. The van der Waals surface area contributed by atoms with Crippen LogP contribution in [0.25, 0.3) is 0 Å². The number of carboxylic acid groups (broad SMARTS) is 1. The van der Waals surface area contributed by atoms with Crippen LogP contribution in [0.1, 0.15) is 29.1 Å². The molecule has 0 aliphatic rings. The summed E-state index contributed by atoms with van der Waals surface area (Å²) < 4.78 is 0. The molecule has 1 aromatic rings. The van der Waals surface area contributed by atoms with Gasteiger partial charge in [0.15, 0.2) is 0 Å². The quantitative estimate of drug-likeness (QED) is 0.840. The van der Waals surface area contributed by atoms with Gasteiger partial charge in [0.05, 0.1) is 6.42 Å². The molecule has 1 atom stereocenters. The van der Waals surface area contributed by atoms with Gasteiger partial charge in [-0.1, -0.05) is 0 Å². The first kappa shape index (κ1) is 12.2. The molecule has 0 aliphatic carbocycles. The smallest absolute Gasteiger partial charge is 0.304 e. The Bertz CT molecular complexity index is 335. The molecule has 1 heterocycles. The van der Waals surface area contributed by atoms with Crippen LogP contribution in [0.5, 0.6) is 0 Å². The van der Waals surface area contributed by atoms with Gasteiger partial charge in [-0.25, -0.2) is 0 Å². The molecule has 0 saturated carbocycles. The standard InChI is InChI=1S/C11H17NO2S/c1-8-4-5-10(15-8)9(2)12(3)7-6-11(13)14/h4-5,9H,6-7H2,1-3H3,(H,13,14). The number of nitrogens with zero attached hydrogens (tertiary/aromatic N) is 1. The van der Waals surface area contributed by atoms with Gasteiger partial charge in [-0.05, 0) is 33.0 Å². The fraction of sp³-hybridized carbons (Fsp3) is 0.545. The van der Waals surface area contributed by atoms with E-state index in [2.05, 4.69) is 30.9 Å². The van der Waals surface area contributed by atoms with Crippen molar-refractivity contribution in [1.82, 2.24) is 4.90 Å². The molecule has 84 valence electrons. The van der Waals surface area contributed by atoms with Crippen molar-refractivity contribution in [1.29, 1.82) is 0 Å². The summed E-state index contributed by atoms with van der Waals surface area (Å²) in [6.07, 6.45) is 0.200. The highest BCUT2D eigenvalue weighted by Gasteiger charge is 2.13. The van der Waals surface area contributed by atoms with Crippen molar-refractivity contribution >= 4 is 17.3 Å². The normalized spacial score (nSPS) is 13.1. The van der Waals surface area contributed by atoms with Gasteiger partial charge in [-0.3, -0.25) is 9.69 Å². The number of hydrogen-bond donors (Lipinski definition) is 1. The molecule has 0 fully saturated rings. The van der Waals surface area contributed by atoms with E-state index in [1.54, 1.807) is 11.3 Å². The minimum Gasteiger partial charge on any atom is -0.481 e. The first-order chi connectivity index (χ1) is 7.00. The molecule has 15 heavy (non-hydrogen) atoms. The van der Waals surface area contributed by atoms with E-state index in [4.69, 9.17) is 5.11 Å². The molecule has 1 rings (SSSR count). The molecule has 1 unspecified atom stereocenters. The van der Waals surface area contributed by atoms with Crippen molar-refractivity contribution < 1.29 is 9.90 Å². The van der Waals surface area contributed by atoms with Gasteiger partial charge < -0.3 is 5.11 Å². The molecule has 0 aliphatic heterocycles. The molecule has 4 heteroatoms. The molecule has 0 saturated heterocycles. The Morgan fingerprint density at radius 2 is 2.27 bits per heavy atom. The second kappa shape index (κ2) is 5.28. The average molecular weight is 227 g/mol. The van der Waals surface area contributed by atoms with Gasteiger partial charge in [0.1, 0.15) is 0 Å². The molecule has 0 radical (unpaired) electrons. The fourth-order valence-electron chi connectivity index (χ4n) is 1.36. The van der Waals surface area contributed by atoms with Crippen molar-refractivity contribution in [3.05, 3.63) is 21.9 Å². The summed E-state index contributed by atoms with van der Waals surface area (Å²) >= 11 is 1.77. The average Bonchev–Trinajstić information content (AvgIpc) is 2.60. The topological polar surface area (TPSA) is 40.5 Å². The first-order valence-electron chi connectivity index (χ1n) is 4.99. The van der Waals surface area contributed by atoms with Crippen LogP contribution < -0.4 is 0 Å². The monoisotopic (exact) mass is 227 g/mol. The highest BCUT2D eigenvalue weighted by atomic mass is 32.1. The Balaban J connectivity index is 2.52. The molecule has 0 bridgehead atoms. The van der Waals surface area contributed by atoms with Gasteiger partial charge in [0.25, 0.3) is 0 Å². The highest BCUT2D eigenvalue weighted by molar-refractivity contribution is 7.12. The molecule has 1 N–H and O–H groups in total. The molecule has 0 spiro atoms. The van der Waals surface area contributed by atoms with E-state index in [1.165, 1.54) is 9.75 Å². The molecule has 0 amide bonds. The zero-order valence-electron chi connectivity index (χ0n) is 9.36. The van der Waals surface area contributed by atoms with Gasteiger partial charge >= 0.3 is 5.97 Å². The second-order valence-corrected chi connectivity index (χ2v) is 5.07. The molecular formula is C11H17NO2S. The SMILES string of the molecule is Cc1ccc(C(C)N(C)CCC(=O)O)s1. The lowest BCUT2D eigenvalue weighted by molar-refractivity contribution is -0.137. The first-order valence-corrected chi connectivity index (χ1v) is 5.80. The minimum atomic E-state index is -0.739. The Kier molecular flexibility index (Phi) is 4.29. The summed E-state index contributed by atoms with van der Waals surface area (Å²) in [6, 6.07) is 4.51. The largest absolute Gasteiger partial charge is 0.481 e. The van der Waals surface area contributed by atoms with E-state index in [0.29, 0.717) is 12.6 Å². The van der Waals surface area contributed by atoms with Crippen LogP contribution in [0, 0.1) is 6.92 Å². The van der Waals surface area contributed by atoms with Crippen molar-refractivity contribution in [3.63, 3.8) is 0 Å². The Morgan fingerprint density at radius 3 is 2.73 bits per heavy atom. The summed E-state index contributed by atoms with van der Waals surface area (Å²) in [5.74, 6) is -0.739. The van der Waals surface area contributed by atoms with Gasteiger partial charge in [0.2, 0.25) is 0 Å². The van der Waals surface area contributed by atoms with Crippen molar-refractivity contribution in [2.45, 2.75) is 26.3 Å². The molecular weight excluding hydrogens is 210 g/mol. The van der Waals surface area contributed by atoms with Crippen LogP contribution in [0.15, 0.2) is 12.1 Å². The predicted octanol–water partition coefficient (Wildman–Crippen LogP) is 2.52. The van der Waals surface area contributed by atoms with Crippen LogP contribution in [-0.4, -0.2) is 29.6 Å². The van der Waals surface area contributed by atoms with E-state index in [0.717, 1.165) is 0 Å². The maximum atomic E-state index is 10.4. The van der Waals surface area contributed by atoms with E-state index in [1.807, 2.05) is 7.05 Å². The van der Waals surface area contributed by atoms with Crippen LogP contribution in [0.3, 0.4) is 0 Å². The third-order valence-corrected chi connectivity index (χ3v) is 3.68. The summed E-state index contributed by atoms with van der Waals surface area (Å²) in [4.78, 5) is 15.1. The predicted molar refractivity (Wildman–Crippen MR) is 62.4 cm³/mol. The maximum absolute atomic E-state index is 10.4. The van der Waals surface area contributed by atoms with Crippen molar-refractivity contribution in [2.75, 3.05) is 13.6 Å². The summed E-state index contributed by atoms with van der Waals surface area (Å²) in [5.41, 5.74) is 0. The summed E-state index contributed by atoms with van der Waals surface area (Å²) in [5, 5.41) is 8.59. The lowest BCUT2D eigenvalue weighted by atomic mass is 10.2. The second-order valence-electron chi connectivity index (χ2n) is 3.75.